The zero-order chi connectivity index (χ0) is 12.8. The van der Waals surface area contributed by atoms with Crippen LogP contribution < -0.4 is 5.32 Å². The molecule has 4 rings (SSSR count). The predicted molar refractivity (Wildman–Crippen MR) is 75.1 cm³/mol. The van der Waals surface area contributed by atoms with Crippen LogP contribution in [-0.4, -0.2) is 32.1 Å². The van der Waals surface area contributed by atoms with Crippen LogP contribution in [0.25, 0.3) is 22.1 Å². The molecule has 0 radical (unpaired) electrons. The van der Waals surface area contributed by atoms with Gasteiger partial charge in [0.15, 0.2) is 0 Å². The molecule has 0 aromatic carbocycles. The zero-order valence-electron chi connectivity index (χ0n) is 10.9. The molecular formula is C14H17N5. The highest BCUT2D eigenvalue weighted by molar-refractivity contribution is 6.00. The van der Waals surface area contributed by atoms with Crippen LogP contribution in [0.4, 0.5) is 0 Å². The number of H-pyrrole nitrogens is 1. The summed E-state index contributed by atoms with van der Waals surface area (Å²) in [4.78, 5) is 12.1. The van der Waals surface area contributed by atoms with Crippen molar-refractivity contribution in [1.82, 2.24) is 24.8 Å². The van der Waals surface area contributed by atoms with Crippen molar-refractivity contribution in [2.45, 2.75) is 31.8 Å². The molecule has 3 aromatic heterocycles. The Morgan fingerprint density at radius 1 is 1.37 bits per heavy atom. The van der Waals surface area contributed by atoms with E-state index in [1.54, 1.807) is 0 Å². The third kappa shape index (κ3) is 1.65. The van der Waals surface area contributed by atoms with Gasteiger partial charge in [-0.3, -0.25) is 0 Å². The van der Waals surface area contributed by atoms with Crippen molar-refractivity contribution < 1.29 is 0 Å². The molecule has 2 unspecified atom stereocenters. The van der Waals surface area contributed by atoms with Gasteiger partial charge in [-0.1, -0.05) is 0 Å². The molecule has 2 atom stereocenters. The average molecular weight is 255 g/mol. The van der Waals surface area contributed by atoms with Crippen molar-refractivity contribution in [2.24, 2.45) is 0 Å². The Morgan fingerprint density at radius 3 is 3.21 bits per heavy atom. The molecule has 0 bridgehead atoms. The van der Waals surface area contributed by atoms with E-state index in [9.17, 15) is 0 Å². The summed E-state index contributed by atoms with van der Waals surface area (Å²) in [5.41, 5.74) is 3.14. The monoisotopic (exact) mass is 255 g/mol. The van der Waals surface area contributed by atoms with E-state index < -0.39 is 0 Å². The zero-order valence-corrected chi connectivity index (χ0v) is 10.9. The summed E-state index contributed by atoms with van der Waals surface area (Å²) >= 11 is 0. The largest absolute Gasteiger partial charge is 0.346 e. The first kappa shape index (κ1) is 11.0. The van der Waals surface area contributed by atoms with Gasteiger partial charge in [-0.25, -0.2) is 9.97 Å². The highest BCUT2D eigenvalue weighted by atomic mass is 15.1. The van der Waals surface area contributed by atoms with E-state index in [4.69, 9.17) is 0 Å². The van der Waals surface area contributed by atoms with E-state index >= 15 is 0 Å². The number of aromatic amines is 1. The standard InChI is InChI=1S/C14H17N5/c1-9-6-10(2-4-15-9)19-8-18-12-7-17-14-11(13(12)19)3-5-16-14/h3,5,7-10,15H,2,4,6H2,1H3,(H,16,17). The number of hydrogen-bond acceptors (Lipinski definition) is 3. The van der Waals surface area contributed by atoms with Crippen molar-refractivity contribution in [2.75, 3.05) is 6.54 Å². The lowest BCUT2D eigenvalue weighted by atomic mass is 10.0. The molecule has 1 aliphatic heterocycles. The number of hydrogen-bond donors (Lipinski definition) is 2. The van der Waals surface area contributed by atoms with E-state index in [2.05, 4.69) is 37.8 Å². The van der Waals surface area contributed by atoms with E-state index in [0.717, 1.165) is 30.6 Å². The van der Waals surface area contributed by atoms with Crippen LogP contribution in [0.3, 0.4) is 0 Å². The second-order valence-corrected chi connectivity index (χ2v) is 5.42. The fourth-order valence-electron chi connectivity index (χ4n) is 3.17. The smallest absolute Gasteiger partial charge is 0.139 e. The van der Waals surface area contributed by atoms with E-state index in [1.165, 1.54) is 10.9 Å². The lowest BCUT2D eigenvalue weighted by Crippen LogP contribution is -2.36. The van der Waals surface area contributed by atoms with Crippen LogP contribution in [0.5, 0.6) is 0 Å². The van der Waals surface area contributed by atoms with Gasteiger partial charge in [0.25, 0.3) is 0 Å². The average Bonchev–Trinajstić information content (AvgIpc) is 3.04. The number of fused-ring (bicyclic) bond motifs is 3. The maximum atomic E-state index is 4.51. The van der Waals surface area contributed by atoms with Gasteiger partial charge in [0, 0.05) is 23.7 Å². The minimum absolute atomic E-state index is 0.529. The maximum absolute atomic E-state index is 4.51. The Kier molecular flexibility index (Phi) is 2.35. The quantitative estimate of drug-likeness (QED) is 0.701. The number of rotatable bonds is 1. The molecular weight excluding hydrogens is 238 g/mol. The van der Waals surface area contributed by atoms with Crippen molar-refractivity contribution >= 4 is 22.1 Å². The normalized spacial score (nSPS) is 24.3. The molecule has 4 heterocycles. The molecule has 1 saturated heterocycles. The third-order valence-corrected chi connectivity index (χ3v) is 4.11. The minimum Gasteiger partial charge on any atom is -0.346 e. The van der Waals surface area contributed by atoms with Crippen LogP contribution in [0.15, 0.2) is 24.8 Å². The maximum Gasteiger partial charge on any atom is 0.139 e. The van der Waals surface area contributed by atoms with Crippen LogP contribution in [0, 0.1) is 0 Å². The van der Waals surface area contributed by atoms with Crippen LogP contribution in [-0.2, 0) is 0 Å². The number of nitrogens with one attached hydrogen (secondary N) is 2. The lowest BCUT2D eigenvalue weighted by molar-refractivity contribution is 0.318. The number of piperidine rings is 1. The first-order chi connectivity index (χ1) is 9.33. The molecule has 0 amide bonds. The fraction of sp³-hybridized carbons (Fsp3) is 0.429. The molecule has 98 valence electrons. The number of imidazole rings is 1. The first-order valence-electron chi connectivity index (χ1n) is 6.85. The Morgan fingerprint density at radius 2 is 2.32 bits per heavy atom. The summed E-state index contributed by atoms with van der Waals surface area (Å²) in [5, 5.41) is 4.67. The Balaban J connectivity index is 1.91. The second kappa shape index (κ2) is 4.06. The van der Waals surface area contributed by atoms with Gasteiger partial charge in [-0.2, -0.15) is 0 Å². The Labute approximate surface area is 111 Å². The molecule has 19 heavy (non-hydrogen) atoms. The summed E-state index contributed by atoms with van der Waals surface area (Å²) in [6.07, 6.45) is 8.08. The molecule has 1 aliphatic rings. The SMILES string of the molecule is CC1CC(n2cnc3cnc4[nH]ccc4c32)CCN1. The number of aromatic nitrogens is 4. The minimum atomic E-state index is 0.529. The van der Waals surface area contributed by atoms with Crippen LogP contribution in [0.2, 0.25) is 0 Å². The fourth-order valence-corrected chi connectivity index (χ4v) is 3.17. The number of nitrogens with zero attached hydrogens (tertiary/aromatic N) is 3. The highest BCUT2D eigenvalue weighted by Gasteiger charge is 2.22. The molecule has 0 saturated carbocycles. The van der Waals surface area contributed by atoms with E-state index in [1.807, 2.05) is 18.7 Å². The van der Waals surface area contributed by atoms with E-state index in [-0.39, 0.29) is 0 Å². The molecule has 2 N–H and O–H groups in total. The van der Waals surface area contributed by atoms with Crippen molar-refractivity contribution in [3.05, 3.63) is 24.8 Å². The molecule has 1 fully saturated rings. The lowest BCUT2D eigenvalue weighted by Gasteiger charge is -2.29. The molecule has 5 nitrogen and oxygen atoms in total. The molecule has 0 aliphatic carbocycles. The Bertz CT molecular complexity index is 726. The molecule has 5 heteroatoms. The topological polar surface area (TPSA) is 58.5 Å². The van der Waals surface area contributed by atoms with Crippen LogP contribution >= 0.6 is 0 Å². The summed E-state index contributed by atoms with van der Waals surface area (Å²) < 4.78 is 2.34. The van der Waals surface area contributed by atoms with E-state index in [0.29, 0.717) is 12.1 Å². The summed E-state index contributed by atoms with van der Waals surface area (Å²) in [6, 6.07) is 3.19. The predicted octanol–water partition coefficient (Wildman–Crippen LogP) is 2.23. The number of pyridine rings is 1. The highest BCUT2D eigenvalue weighted by Crippen LogP contribution is 2.29. The first-order valence-corrected chi connectivity index (χ1v) is 6.85. The van der Waals surface area contributed by atoms with Crippen LogP contribution in [0.1, 0.15) is 25.8 Å². The van der Waals surface area contributed by atoms with Crippen molar-refractivity contribution in [3.8, 4) is 0 Å². The van der Waals surface area contributed by atoms with Gasteiger partial charge in [-0.05, 0) is 32.4 Å². The van der Waals surface area contributed by atoms with Gasteiger partial charge in [0.05, 0.1) is 18.0 Å². The summed E-state index contributed by atoms with van der Waals surface area (Å²) in [5.74, 6) is 0. The van der Waals surface area contributed by atoms with Gasteiger partial charge < -0.3 is 14.9 Å². The van der Waals surface area contributed by atoms with Crippen molar-refractivity contribution in [3.63, 3.8) is 0 Å². The summed E-state index contributed by atoms with van der Waals surface area (Å²) in [6.45, 7) is 3.32. The van der Waals surface area contributed by atoms with Gasteiger partial charge in [0.1, 0.15) is 11.2 Å². The van der Waals surface area contributed by atoms with Gasteiger partial charge in [0.2, 0.25) is 0 Å². The van der Waals surface area contributed by atoms with Gasteiger partial charge >= 0.3 is 0 Å². The summed E-state index contributed by atoms with van der Waals surface area (Å²) in [7, 11) is 0. The van der Waals surface area contributed by atoms with Gasteiger partial charge in [-0.15, -0.1) is 0 Å². The Hall–Kier alpha value is -1.88. The molecule has 3 aromatic rings. The molecule has 0 spiro atoms. The third-order valence-electron chi connectivity index (χ3n) is 4.11. The van der Waals surface area contributed by atoms with Crippen molar-refractivity contribution in [1.29, 1.82) is 0 Å². The second-order valence-electron chi connectivity index (χ2n) is 5.42.